The van der Waals surface area contributed by atoms with E-state index in [4.69, 9.17) is 4.42 Å². The summed E-state index contributed by atoms with van der Waals surface area (Å²) in [6.07, 6.45) is 10.2. The molecule has 2 unspecified atom stereocenters. The lowest BCUT2D eigenvalue weighted by Crippen LogP contribution is -2.57. The molecule has 2 aromatic rings. The number of pyridine rings is 1. The fourth-order valence-electron chi connectivity index (χ4n) is 4.57. The summed E-state index contributed by atoms with van der Waals surface area (Å²) in [5.41, 5.74) is 1.17. The van der Waals surface area contributed by atoms with Crippen LogP contribution in [-0.2, 0) is 11.3 Å². The van der Waals surface area contributed by atoms with Crippen LogP contribution in [0.15, 0.2) is 47.3 Å². The maximum atomic E-state index is 13.0. The Morgan fingerprint density at radius 2 is 1.97 bits per heavy atom. The number of aromatic nitrogens is 1. The van der Waals surface area contributed by atoms with Crippen molar-refractivity contribution in [3.63, 3.8) is 0 Å². The zero-order valence-electron chi connectivity index (χ0n) is 17.3. The molecule has 7 nitrogen and oxygen atoms in total. The molecule has 2 atom stereocenters. The number of furan rings is 1. The van der Waals surface area contributed by atoms with Crippen LogP contribution in [0.5, 0.6) is 0 Å². The molecular formula is C23H30N4O3. The molecule has 0 spiro atoms. The summed E-state index contributed by atoms with van der Waals surface area (Å²) in [6.45, 7) is 3.50. The summed E-state index contributed by atoms with van der Waals surface area (Å²) in [7, 11) is 0. The maximum Gasteiger partial charge on any atom is 0.289 e. The van der Waals surface area contributed by atoms with Gasteiger partial charge in [0, 0.05) is 44.6 Å². The third kappa shape index (κ3) is 4.90. The van der Waals surface area contributed by atoms with E-state index in [9.17, 15) is 9.59 Å². The molecule has 4 rings (SSSR count). The molecule has 0 bridgehead atoms. The second-order valence-electron chi connectivity index (χ2n) is 8.22. The van der Waals surface area contributed by atoms with Crippen molar-refractivity contribution in [1.82, 2.24) is 20.1 Å². The molecule has 30 heavy (non-hydrogen) atoms. The molecule has 1 N–H and O–H groups in total. The molecule has 2 fully saturated rings. The molecule has 2 saturated heterocycles. The van der Waals surface area contributed by atoms with Crippen molar-refractivity contribution < 1.29 is 14.0 Å². The molecule has 2 aromatic heterocycles. The van der Waals surface area contributed by atoms with Gasteiger partial charge in [0.2, 0.25) is 5.91 Å². The smallest absolute Gasteiger partial charge is 0.289 e. The van der Waals surface area contributed by atoms with Crippen LogP contribution in [0.25, 0.3) is 0 Å². The third-order valence-corrected chi connectivity index (χ3v) is 6.21. The molecular weight excluding hydrogens is 380 g/mol. The number of rotatable bonds is 3. The molecule has 0 saturated carbocycles. The van der Waals surface area contributed by atoms with Gasteiger partial charge in [0.05, 0.1) is 12.2 Å². The molecule has 7 heteroatoms. The Balaban J connectivity index is 1.58. The molecule has 0 radical (unpaired) electrons. The first kappa shape index (κ1) is 20.6. The molecule has 0 aliphatic carbocycles. The molecule has 2 amide bonds. The number of carbonyl (C=O) groups is 2. The Labute approximate surface area is 177 Å². The highest BCUT2D eigenvalue weighted by atomic mass is 16.3. The number of likely N-dealkylation sites (tertiary alicyclic amines) is 1. The van der Waals surface area contributed by atoms with Crippen molar-refractivity contribution in [2.75, 3.05) is 26.2 Å². The number of nitrogens with zero attached hydrogens (tertiary/aromatic N) is 3. The van der Waals surface area contributed by atoms with Crippen molar-refractivity contribution in [3.05, 3.63) is 54.2 Å². The van der Waals surface area contributed by atoms with Gasteiger partial charge in [-0.25, -0.2) is 0 Å². The van der Waals surface area contributed by atoms with Crippen LogP contribution in [0.1, 0.15) is 48.2 Å². The summed E-state index contributed by atoms with van der Waals surface area (Å²) >= 11 is 0. The summed E-state index contributed by atoms with van der Waals surface area (Å²) in [5, 5.41) is 3.14. The second kappa shape index (κ2) is 9.89. The first-order valence-electron chi connectivity index (χ1n) is 11.0. The summed E-state index contributed by atoms with van der Waals surface area (Å²) in [5.74, 6) is 0.254. The summed E-state index contributed by atoms with van der Waals surface area (Å²) < 4.78 is 5.33. The first-order valence-corrected chi connectivity index (χ1v) is 11.0. The second-order valence-corrected chi connectivity index (χ2v) is 8.22. The Bertz CT molecular complexity index is 824. The highest BCUT2D eigenvalue weighted by Crippen LogP contribution is 2.27. The fraction of sp³-hybridized carbons (Fsp3) is 0.522. The van der Waals surface area contributed by atoms with Crippen molar-refractivity contribution in [1.29, 1.82) is 0 Å². The lowest BCUT2D eigenvalue weighted by atomic mass is 9.88. The van der Waals surface area contributed by atoms with E-state index < -0.39 is 0 Å². The standard InChI is InChI=1S/C23H30N4O3/c28-22-19-9-14-27(23(29)21-6-5-15-30-21)17-20(19)26(13-4-2-1-3-10-25-22)16-18-7-11-24-12-8-18/h5-8,11-12,15,19-20H,1-4,9-10,13-14,16-17H2,(H,25,28). The first-order chi connectivity index (χ1) is 14.7. The minimum absolute atomic E-state index is 0.0241. The van der Waals surface area contributed by atoms with Gasteiger partial charge >= 0.3 is 0 Å². The van der Waals surface area contributed by atoms with Crippen molar-refractivity contribution in [3.8, 4) is 0 Å². The van der Waals surface area contributed by atoms with Gasteiger partial charge in [0.25, 0.3) is 5.91 Å². The number of amides is 2. The van der Waals surface area contributed by atoms with Crippen LogP contribution < -0.4 is 5.32 Å². The number of carbonyl (C=O) groups excluding carboxylic acids is 2. The maximum absolute atomic E-state index is 13.0. The quantitative estimate of drug-likeness (QED) is 0.842. The normalized spacial score (nSPS) is 23.9. The lowest BCUT2D eigenvalue weighted by Gasteiger charge is -2.43. The van der Waals surface area contributed by atoms with Crippen LogP contribution in [0.2, 0.25) is 0 Å². The number of hydrogen-bond donors (Lipinski definition) is 1. The van der Waals surface area contributed by atoms with E-state index in [1.807, 2.05) is 17.0 Å². The van der Waals surface area contributed by atoms with Crippen LogP contribution in [-0.4, -0.2) is 58.8 Å². The zero-order valence-corrected chi connectivity index (χ0v) is 17.3. The summed E-state index contributed by atoms with van der Waals surface area (Å²) in [4.78, 5) is 34.3. The highest BCUT2D eigenvalue weighted by molar-refractivity contribution is 5.91. The van der Waals surface area contributed by atoms with E-state index in [0.29, 0.717) is 25.3 Å². The number of fused-ring (bicyclic) bond motifs is 1. The third-order valence-electron chi connectivity index (χ3n) is 6.21. The number of piperidine rings is 1. The Morgan fingerprint density at radius 3 is 2.77 bits per heavy atom. The molecule has 0 aromatic carbocycles. The molecule has 2 aliphatic rings. The average molecular weight is 411 g/mol. The average Bonchev–Trinajstić information content (AvgIpc) is 3.31. The van der Waals surface area contributed by atoms with E-state index in [2.05, 4.69) is 15.2 Å². The minimum atomic E-state index is -0.120. The molecule has 160 valence electrons. The summed E-state index contributed by atoms with van der Waals surface area (Å²) in [6, 6.07) is 7.46. The van der Waals surface area contributed by atoms with E-state index in [-0.39, 0.29) is 23.8 Å². The monoisotopic (exact) mass is 410 g/mol. The van der Waals surface area contributed by atoms with Gasteiger partial charge in [-0.1, -0.05) is 12.8 Å². The van der Waals surface area contributed by atoms with E-state index in [0.717, 1.165) is 45.3 Å². The van der Waals surface area contributed by atoms with Crippen LogP contribution in [0.4, 0.5) is 0 Å². The minimum Gasteiger partial charge on any atom is -0.459 e. The molecule has 2 aliphatic heterocycles. The van der Waals surface area contributed by atoms with Gasteiger partial charge in [-0.2, -0.15) is 0 Å². The Hall–Kier alpha value is -2.67. The van der Waals surface area contributed by atoms with E-state index in [1.54, 1.807) is 24.5 Å². The van der Waals surface area contributed by atoms with Crippen molar-refractivity contribution >= 4 is 11.8 Å². The Morgan fingerprint density at radius 1 is 1.13 bits per heavy atom. The fourth-order valence-corrected chi connectivity index (χ4v) is 4.57. The number of nitrogens with one attached hydrogen (secondary N) is 1. The number of hydrogen-bond acceptors (Lipinski definition) is 5. The van der Waals surface area contributed by atoms with Gasteiger partial charge in [0.1, 0.15) is 0 Å². The SMILES string of the molecule is O=C1NCCCCCCN(Cc2ccncc2)C2CN(C(=O)c3ccco3)CCC12. The topological polar surface area (TPSA) is 78.7 Å². The Kier molecular flexibility index (Phi) is 6.79. The van der Waals surface area contributed by atoms with Crippen molar-refractivity contribution in [2.24, 2.45) is 5.92 Å². The van der Waals surface area contributed by atoms with Gasteiger partial charge in [-0.05, 0) is 55.6 Å². The highest BCUT2D eigenvalue weighted by Gasteiger charge is 2.39. The predicted octanol–water partition coefficient (Wildman–Crippen LogP) is 2.70. The zero-order chi connectivity index (χ0) is 20.8. The van der Waals surface area contributed by atoms with Gasteiger partial charge in [-0.3, -0.25) is 19.5 Å². The van der Waals surface area contributed by atoms with E-state index in [1.165, 1.54) is 11.8 Å². The van der Waals surface area contributed by atoms with Gasteiger partial charge in [-0.15, -0.1) is 0 Å². The van der Waals surface area contributed by atoms with Gasteiger partial charge < -0.3 is 14.6 Å². The van der Waals surface area contributed by atoms with Crippen molar-refractivity contribution in [2.45, 2.75) is 44.7 Å². The molecule has 4 heterocycles. The van der Waals surface area contributed by atoms with Crippen LogP contribution in [0, 0.1) is 5.92 Å². The van der Waals surface area contributed by atoms with E-state index >= 15 is 0 Å². The van der Waals surface area contributed by atoms with Crippen LogP contribution in [0.3, 0.4) is 0 Å². The predicted molar refractivity (Wildman–Crippen MR) is 113 cm³/mol. The van der Waals surface area contributed by atoms with Crippen LogP contribution >= 0.6 is 0 Å². The lowest BCUT2D eigenvalue weighted by molar-refractivity contribution is -0.129. The van der Waals surface area contributed by atoms with Gasteiger partial charge in [0.15, 0.2) is 5.76 Å². The largest absolute Gasteiger partial charge is 0.459 e.